The van der Waals surface area contributed by atoms with Gasteiger partial charge in [-0.15, -0.1) is 0 Å². The molecular weight excluding hydrogens is 425 g/mol. The van der Waals surface area contributed by atoms with Crippen molar-refractivity contribution in [3.05, 3.63) is 52.5 Å². The third-order valence-corrected chi connectivity index (χ3v) is 6.29. The number of para-hydroxylation sites is 1. The van der Waals surface area contributed by atoms with Crippen molar-refractivity contribution < 1.29 is 22.6 Å². The van der Waals surface area contributed by atoms with Gasteiger partial charge in [-0.3, -0.25) is 4.90 Å². The molecule has 2 aliphatic rings. The Morgan fingerprint density at radius 1 is 1.28 bits per heavy atom. The number of nitrogens with one attached hydrogen (secondary N) is 1. The Morgan fingerprint density at radius 3 is 2.66 bits per heavy atom. The third kappa shape index (κ3) is 3.00. The van der Waals surface area contributed by atoms with Crippen LogP contribution >= 0.6 is 23.8 Å². The van der Waals surface area contributed by atoms with E-state index >= 15 is 0 Å². The minimum Gasteiger partial charge on any atom is -0.493 e. The number of anilines is 1. The lowest BCUT2D eigenvalue weighted by Crippen LogP contribution is -2.69. The minimum absolute atomic E-state index is 0.140. The molecule has 2 aromatic carbocycles. The number of fused-ring (bicyclic) bond motifs is 4. The highest BCUT2D eigenvalue weighted by Crippen LogP contribution is 2.52. The van der Waals surface area contributed by atoms with E-state index in [0.29, 0.717) is 11.5 Å². The van der Waals surface area contributed by atoms with Crippen LogP contribution in [0.4, 0.5) is 18.9 Å². The van der Waals surface area contributed by atoms with Crippen LogP contribution in [-0.2, 0) is 6.18 Å². The number of hydrogen-bond acceptors (Lipinski definition) is 3. The van der Waals surface area contributed by atoms with E-state index in [2.05, 4.69) is 5.32 Å². The van der Waals surface area contributed by atoms with Gasteiger partial charge in [-0.1, -0.05) is 30.7 Å². The van der Waals surface area contributed by atoms with Crippen LogP contribution in [0.5, 0.6) is 11.5 Å². The second-order valence-electron chi connectivity index (χ2n) is 7.25. The first kappa shape index (κ1) is 20.1. The number of nitrogens with zero attached hydrogens (tertiary/aromatic N) is 1. The summed E-state index contributed by atoms with van der Waals surface area (Å²) < 4.78 is 52.1. The Labute approximate surface area is 176 Å². The molecule has 29 heavy (non-hydrogen) atoms. The van der Waals surface area contributed by atoms with Crippen molar-refractivity contribution in [3.63, 3.8) is 0 Å². The van der Waals surface area contributed by atoms with Gasteiger partial charge in [0.25, 0.3) is 0 Å². The average molecular weight is 443 g/mol. The number of rotatable bonds is 2. The van der Waals surface area contributed by atoms with E-state index in [4.69, 9.17) is 33.3 Å². The number of ether oxygens (including phenoxy) is 2. The molecule has 4 nitrogen and oxygen atoms in total. The van der Waals surface area contributed by atoms with Crippen molar-refractivity contribution in [2.75, 3.05) is 12.0 Å². The molecule has 0 saturated carbocycles. The van der Waals surface area contributed by atoms with Crippen LogP contribution in [0.1, 0.15) is 31.0 Å². The normalized spacial score (nSPS) is 25.8. The number of methoxy groups -OCH3 is 1. The Balaban J connectivity index is 1.87. The van der Waals surface area contributed by atoms with Gasteiger partial charge >= 0.3 is 6.18 Å². The van der Waals surface area contributed by atoms with Crippen LogP contribution in [0.3, 0.4) is 0 Å². The van der Waals surface area contributed by atoms with Crippen molar-refractivity contribution >= 4 is 34.6 Å². The zero-order valence-electron chi connectivity index (χ0n) is 15.8. The lowest BCUT2D eigenvalue weighted by Gasteiger charge is -2.56. The Bertz CT molecular complexity index is 1000. The highest BCUT2D eigenvalue weighted by molar-refractivity contribution is 7.80. The maximum absolute atomic E-state index is 13.4. The molecule has 2 aliphatic heterocycles. The fourth-order valence-electron chi connectivity index (χ4n) is 4.02. The molecule has 2 heterocycles. The number of benzene rings is 2. The lowest BCUT2D eigenvalue weighted by molar-refractivity contribution is -0.137. The summed E-state index contributed by atoms with van der Waals surface area (Å²) in [6, 6.07) is 9.12. The van der Waals surface area contributed by atoms with Gasteiger partial charge in [-0.25, -0.2) is 0 Å². The first-order valence-electron chi connectivity index (χ1n) is 8.91. The van der Waals surface area contributed by atoms with Gasteiger partial charge in [0, 0.05) is 17.2 Å². The molecule has 0 amide bonds. The molecule has 0 aromatic heterocycles. The van der Waals surface area contributed by atoms with Crippen LogP contribution in [0.15, 0.2) is 36.4 Å². The van der Waals surface area contributed by atoms with Crippen molar-refractivity contribution in [3.8, 4) is 11.5 Å². The van der Waals surface area contributed by atoms with Gasteiger partial charge < -0.3 is 14.8 Å². The van der Waals surface area contributed by atoms with Crippen LogP contribution < -0.4 is 19.7 Å². The summed E-state index contributed by atoms with van der Waals surface area (Å²) in [5.74, 6) is 0.955. The molecule has 0 spiro atoms. The second kappa shape index (κ2) is 6.67. The van der Waals surface area contributed by atoms with Crippen LogP contribution in [0, 0.1) is 5.92 Å². The molecule has 0 radical (unpaired) electrons. The molecule has 1 fully saturated rings. The smallest absolute Gasteiger partial charge is 0.417 e. The van der Waals surface area contributed by atoms with E-state index < -0.39 is 17.5 Å². The topological polar surface area (TPSA) is 33.7 Å². The highest BCUT2D eigenvalue weighted by Gasteiger charge is 2.54. The van der Waals surface area contributed by atoms with Gasteiger partial charge in [0.2, 0.25) is 0 Å². The van der Waals surface area contributed by atoms with E-state index in [9.17, 15) is 13.2 Å². The molecular formula is C20H18ClF3N2O2S. The van der Waals surface area contributed by atoms with Crippen molar-refractivity contribution in [2.45, 2.75) is 31.8 Å². The lowest BCUT2D eigenvalue weighted by atomic mass is 9.80. The second-order valence-corrected chi connectivity index (χ2v) is 8.04. The average Bonchev–Trinajstić information content (AvgIpc) is 2.64. The molecule has 1 N–H and O–H groups in total. The van der Waals surface area contributed by atoms with Crippen LogP contribution in [0.25, 0.3) is 0 Å². The number of alkyl halides is 3. The van der Waals surface area contributed by atoms with Gasteiger partial charge in [-0.05, 0) is 43.4 Å². The third-order valence-electron chi connectivity index (χ3n) is 5.66. The van der Waals surface area contributed by atoms with Gasteiger partial charge in [0.05, 0.1) is 23.7 Å². The maximum atomic E-state index is 13.4. The summed E-state index contributed by atoms with van der Waals surface area (Å²) in [6.07, 6.45) is -4.59. The van der Waals surface area contributed by atoms with Crippen molar-refractivity contribution in [1.82, 2.24) is 5.32 Å². The number of thiocarbonyl (C=S) groups is 1. The highest BCUT2D eigenvalue weighted by atomic mass is 35.5. The number of halogens is 4. The zero-order valence-corrected chi connectivity index (χ0v) is 17.4. The summed E-state index contributed by atoms with van der Waals surface area (Å²) in [5, 5.41) is 3.17. The van der Waals surface area contributed by atoms with E-state index in [1.54, 1.807) is 18.1 Å². The largest absolute Gasteiger partial charge is 0.493 e. The van der Waals surface area contributed by atoms with Crippen molar-refractivity contribution in [1.29, 1.82) is 0 Å². The Hall–Kier alpha value is -2.19. The summed E-state index contributed by atoms with van der Waals surface area (Å²) in [7, 11) is 1.54. The molecule has 2 bridgehead atoms. The van der Waals surface area contributed by atoms with E-state index in [1.165, 1.54) is 12.1 Å². The fraction of sp³-hybridized carbons (Fsp3) is 0.350. The quantitative estimate of drug-likeness (QED) is 0.617. The summed E-state index contributed by atoms with van der Waals surface area (Å²) in [4.78, 5) is 1.57. The number of hydrogen-bond donors (Lipinski definition) is 1. The molecule has 4 rings (SSSR count). The van der Waals surface area contributed by atoms with Gasteiger partial charge in [0.1, 0.15) is 0 Å². The predicted octanol–water partition coefficient (Wildman–Crippen LogP) is 5.55. The van der Waals surface area contributed by atoms with Crippen LogP contribution in [0.2, 0.25) is 5.02 Å². The van der Waals surface area contributed by atoms with Gasteiger partial charge in [-0.2, -0.15) is 13.2 Å². The summed E-state index contributed by atoms with van der Waals surface area (Å²) in [6.45, 7) is 3.78. The fourth-order valence-corrected chi connectivity index (χ4v) is 4.66. The molecule has 3 unspecified atom stereocenters. The predicted molar refractivity (Wildman–Crippen MR) is 109 cm³/mol. The first-order chi connectivity index (χ1) is 13.6. The monoisotopic (exact) mass is 442 g/mol. The Kier molecular flexibility index (Phi) is 4.62. The molecule has 1 saturated heterocycles. The van der Waals surface area contributed by atoms with Crippen molar-refractivity contribution in [2.24, 2.45) is 5.92 Å². The molecule has 154 valence electrons. The van der Waals surface area contributed by atoms with Gasteiger partial charge in [0.15, 0.2) is 22.3 Å². The van der Waals surface area contributed by atoms with E-state index in [0.717, 1.165) is 11.6 Å². The van der Waals surface area contributed by atoms with E-state index in [1.807, 2.05) is 26.0 Å². The zero-order chi connectivity index (χ0) is 21.1. The van der Waals surface area contributed by atoms with E-state index in [-0.39, 0.29) is 27.8 Å². The Morgan fingerprint density at radius 2 is 2.00 bits per heavy atom. The summed E-state index contributed by atoms with van der Waals surface area (Å²) in [5.41, 5.74) is -0.828. The van der Waals surface area contributed by atoms with Crippen LogP contribution in [-0.4, -0.2) is 17.9 Å². The molecule has 0 aliphatic carbocycles. The molecule has 3 atom stereocenters. The minimum atomic E-state index is -4.59. The summed E-state index contributed by atoms with van der Waals surface area (Å²) >= 11 is 11.3. The SMILES string of the molecule is COc1cccc2c1OC1(C)C(C)C2NC(=S)N1c1ccc(Cl)c(C(F)(F)F)c1. The standard InChI is InChI=1S/C20H18ClF3N2O2S/c1-10-16-12-5-4-6-15(27-3)17(12)28-19(10,2)26(18(29)25-16)11-7-8-14(21)13(9-11)20(22,23)24/h4-10,16H,1-3H3,(H,25,29). The maximum Gasteiger partial charge on any atom is 0.417 e. The molecule has 9 heteroatoms. The molecule has 2 aromatic rings. The first-order valence-corrected chi connectivity index (χ1v) is 9.70.